The van der Waals surface area contributed by atoms with Gasteiger partial charge in [-0.1, -0.05) is 12.0 Å². The van der Waals surface area contributed by atoms with Gasteiger partial charge in [-0.3, -0.25) is 9.36 Å². The molecule has 0 radical (unpaired) electrons. The molecule has 0 amide bonds. The van der Waals surface area contributed by atoms with Crippen molar-refractivity contribution in [2.24, 2.45) is 0 Å². The summed E-state index contributed by atoms with van der Waals surface area (Å²) in [6.45, 7) is -0.380. The Balaban J connectivity index is 3.38. The highest BCUT2D eigenvalue weighted by atomic mass is 19.4. The molecule has 1 heterocycles. The van der Waals surface area contributed by atoms with E-state index in [9.17, 15) is 18.0 Å². The van der Waals surface area contributed by atoms with Gasteiger partial charge in [0.1, 0.15) is 5.69 Å². The van der Waals surface area contributed by atoms with Gasteiger partial charge in [-0.25, -0.2) is 0 Å². The molecular formula is C9H6F3NO. The number of hydrogen-bond donors (Lipinski definition) is 0. The predicted octanol–water partition coefficient (Wildman–Crippen LogP) is 1.50. The molecular weight excluding hydrogens is 195 g/mol. The fraction of sp³-hybridized carbons (Fsp3) is 0.222. The minimum absolute atomic E-state index is 0.380. The molecule has 0 aliphatic carbocycles. The van der Waals surface area contributed by atoms with Crippen LogP contribution in [-0.4, -0.2) is 4.57 Å². The summed E-state index contributed by atoms with van der Waals surface area (Å²) in [6, 6.07) is 2.91. The van der Waals surface area contributed by atoms with E-state index in [1.807, 2.05) is 5.92 Å². The van der Waals surface area contributed by atoms with Gasteiger partial charge in [0.25, 0.3) is 5.56 Å². The van der Waals surface area contributed by atoms with Gasteiger partial charge in [0.2, 0.25) is 0 Å². The molecule has 1 aromatic heterocycles. The summed E-state index contributed by atoms with van der Waals surface area (Å²) in [5.74, 6) is 2.00. The third-order valence-electron chi connectivity index (χ3n) is 1.59. The van der Waals surface area contributed by atoms with Crippen LogP contribution < -0.4 is 5.56 Å². The smallest absolute Gasteiger partial charge is 0.293 e. The second-order valence-electron chi connectivity index (χ2n) is 2.54. The third kappa shape index (κ3) is 1.96. The first-order valence-electron chi connectivity index (χ1n) is 3.67. The maximum atomic E-state index is 12.3. The monoisotopic (exact) mass is 201 g/mol. The summed E-state index contributed by atoms with van der Waals surface area (Å²) in [5.41, 5.74) is -1.78. The molecule has 1 rings (SSSR count). The van der Waals surface area contributed by atoms with E-state index in [0.29, 0.717) is 4.57 Å². The molecule has 2 nitrogen and oxygen atoms in total. The van der Waals surface area contributed by atoms with Crippen molar-refractivity contribution in [2.75, 3.05) is 0 Å². The number of nitrogens with zero attached hydrogens (tertiary/aromatic N) is 1. The molecule has 0 aliphatic heterocycles. The fourth-order valence-electron chi connectivity index (χ4n) is 1.02. The maximum absolute atomic E-state index is 12.3. The summed E-state index contributed by atoms with van der Waals surface area (Å²) < 4.78 is 37.5. The Morgan fingerprint density at radius 3 is 2.57 bits per heavy atom. The summed E-state index contributed by atoms with van der Waals surface area (Å²) in [7, 11) is 0. The van der Waals surface area contributed by atoms with E-state index < -0.39 is 17.4 Å². The van der Waals surface area contributed by atoms with Gasteiger partial charge >= 0.3 is 6.18 Å². The van der Waals surface area contributed by atoms with Gasteiger partial charge in [-0.15, -0.1) is 6.42 Å². The molecule has 5 heteroatoms. The maximum Gasteiger partial charge on any atom is 0.431 e. The lowest BCUT2D eigenvalue weighted by Gasteiger charge is -2.12. The molecule has 0 unspecified atom stereocenters. The van der Waals surface area contributed by atoms with Gasteiger partial charge in [-0.05, 0) is 6.07 Å². The highest BCUT2D eigenvalue weighted by molar-refractivity contribution is 5.11. The third-order valence-corrected chi connectivity index (χ3v) is 1.59. The van der Waals surface area contributed by atoms with Crippen molar-refractivity contribution in [3.05, 3.63) is 34.2 Å². The average Bonchev–Trinajstić information content (AvgIpc) is 2.07. The van der Waals surface area contributed by atoms with Crippen LogP contribution in [-0.2, 0) is 12.7 Å². The van der Waals surface area contributed by atoms with E-state index in [4.69, 9.17) is 6.42 Å². The molecule has 74 valence electrons. The second-order valence-corrected chi connectivity index (χ2v) is 2.54. The van der Waals surface area contributed by atoms with Crippen LogP contribution in [0.2, 0.25) is 0 Å². The van der Waals surface area contributed by atoms with Crippen molar-refractivity contribution < 1.29 is 13.2 Å². The zero-order chi connectivity index (χ0) is 10.8. The minimum Gasteiger partial charge on any atom is -0.293 e. The molecule has 0 aliphatic rings. The zero-order valence-corrected chi connectivity index (χ0v) is 7.01. The average molecular weight is 201 g/mol. The Bertz CT molecular complexity index is 425. The first-order chi connectivity index (χ1) is 6.46. The number of terminal acetylenes is 1. The molecule has 0 atom stereocenters. The van der Waals surface area contributed by atoms with E-state index >= 15 is 0 Å². The molecule has 0 aromatic carbocycles. The lowest BCUT2D eigenvalue weighted by atomic mass is 10.3. The van der Waals surface area contributed by atoms with Crippen LogP contribution in [0.4, 0.5) is 13.2 Å². The first kappa shape index (κ1) is 10.4. The predicted molar refractivity (Wildman–Crippen MR) is 44.5 cm³/mol. The molecule has 0 bridgehead atoms. The van der Waals surface area contributed by atoms with E-state index in [0.717, 1.165) is 18.2 Å². The Kier molecular flexibility index (Phi) is 2.65. The van der Waals surface area contributed by atoms with Gasteiger partial charge < -0.3 is 0 Å². The van der Waals surface area contributed by atoms with Crippen molar-refractivity contribution in [1.82, 2.24) is 4.57 Å². The molecule has 0 saturated carbocycles. The Morgan fingerprint density at radius 2 is 2.07 bits per heavy atom. The van der Waals surface area contributed by atoms with Crippen LogP contribution in [0.3, 0.4) is 0 Å². The first-order valence-corrected chi connectivity index (χ1v) is 3.67. The number of hydrogen-bond acceptors (Lipinski definition) is 1. The Hall–Kier alpha value is -1.70. The highest BCUT2D eigenvalue weighted by Crippen LogP contribution is 2.27. The largest absolute Gasteiger partial charge is 0.431 e. The van der Waals surface area contributed by atoms with Crippen LogP contribution >= 0.6 is 0 Å². The molecule has 0 fully saturated rings. The van der Waals surface area contributed by atoms with Crippen LogP contribution in [0.1, 0.15) is 5.69 Å². The van der Waals surface area contributed by atoms with Crippen molar-refractivity contribution in [3.63, 3.8) is 0 Å². The van der Waals surface area contributed by atoms with E-state index in [1.165, 1.54) is 0 Å². The SMILES string of the molecule is C#CCn1c(C(F)(F)F)cccc1=O. The summed E-state index contributed by atoms with van der Waals surface area (Å²) in [5, 5.41) is 0. The number of rotatable bonds is 1. The molecule has 0 saturated heterocycles. The van der Waals surface area contributed by atoms with E-state index in [2.05, 4.69) is 0 Å². The topological polar surface area (TPSA) is 22.0 Å². The Labute approximate surface area is 78.0 Å². The van der Waals surface area contributed by atoms with Crippen molar-refractivity contribution in [1.29, 1.82) is 0 Å². The fourth-order valence-corrected chi connectivity index (χ4v) is 1.02. The van der Waals surface area contributed by atoms with E-state index in [-0.39, 0.29) is 6.54 Å². The van der Waals surface area contributed by atoms with Crippen molar-refractivity contribution >= 4 is 0 Å². The lowest BCUT2D eigenvalue weighted by molar-refractivity contribution is -0.144. The second kappa shape index (κ2) is 3.58. The number of pyridine rings is 1. The van der Waals surface area contributed by atoms with Crippen LogP contribution in [0.25, 0.3) is 0 Å². The summed E-state index contributed by atoms with van der Waals surface area (Å²) in [6.07, 6.45) is 0.306. The number of alkyl halides is 3. The summed E-state index contributed by atoms with van der Waals surface area (Å²) in [4.78, 5) is 11.0. The molecule has 0 N–H and O–H groups in total. The lowest BCUT2D eigenvalue weighted by Crippen LogP contribution is -2.26. The van der Waals surface area contributed by atoms with Gasteiger partial charge in [0.15, 0.2) is 0 Å². The van der Waals surface area contributed by atoms with Gasteiger partial charge in [-0.2, -0.15) is 13.2 Å². The van der Waals surface area contributed by atoms with Gasteiger partial charge in [0.05, 0.1) is 6.54 Å². The molecule has 0 spiro atoms. The Morgan fingerprint density at radius 1 is 1.43 bits per heavy atom. The van der Waals surface area contributed by atoms with Crippen molar-refractivity contribution in [2.45, 2.75) is 12.7 Å². The number of halogens is 3. The van der Waals surface area contributed by atoms with E-state index in [1.54, 1.807) is 0 Å². The number of aromatic nitrogens is 1. The molecule has 14 heavy (non-hydrogen) atoms. The molecule has 1 aromatic rings. The summed E-state index contributed by atoms with van der Waals surface area (Å²) >= 11 is 0. The standard InChI is InChI=1S/C9H6F3NO/c1-2-6-13-7(9(10,11)12)4-3-5-8(13)14/h1,3-5H,6H2. The normalized spacial score (nSPS) is 11.0. The van der Waals surface area contributed by atoms with Crippen molar-refractivity contribution in [3.8, 4) is 12.3 Å². The quantitative estimate of drug-likeness (QED) is 0.631. The van der Waals surface area contributed by atoms with Gasteiger partial charge in [0, 0.05) is 6.07 Å². The zero-order valence-electron chi connectivity index (χ0n) is 7.01. The van der Waals surface area contributed by atoms with Crippen LogP contribution in [0.15, 0.2) is 23.0 Å². The van der Waals surface area contributed by atoms with Crippen LogP contribution in [0.5, 0.6) is 0 Å². The minimum atomic E-state index is -4.56. The van der Waals surface area contributed by atoms with Crippen LogP contribution in [0, 0.1) is 12.3 Å². The highest BCUT2D eigenvalue weighted by Gasteiger charge is 2.33.